The van der Waals surface area contributed by atoms with Crippen molar-refractivity contribution < 1.29 is 9.50 Å². The Morgan fingerprint density at radius 2 is 1.95 bits per heavy atom. The summed E-state index contributed by atoms with van der Waals surface area (Å²) < 4.78 is 15.1. The number of phenolic OH excluding ortho intramolecular Hbond substituents is 1. The molecule has 1 aromatic heterocycles. The van der Waals surface area contributed by atoms with Crippen molar-refractivity contribution in [2.24, 2.45) is 7.05 Å². The number of hydrogen-bond donors (Lipinski definition) is 1. The first-order valence-electron chi connectivity index (χ1n) is 5.98. The number of nitrogens with zero attached hydrogens (tertiary/aromatic N) is 2. The van der Waals surface area contributed by atoms with Gasteiger partial charge in [-0.1, -0.05) is 6.07 Å². The smallest absolute Gasteiger partial charge is 0.144 e. The molecule has 0 fully saturated rings. The maximum atomic E-state index is 13.3. The zero-order valence-corrected chi connectivity index (χ0v) is 10.7. The van der Waals surface area contributed by atoms with Gasteiger partial charge in [-0.15, -0.1) is 0 Å². The maximum Gasteiger partial charge on any atom is 0.144 e. The topological polar surface area (TPSA) is 38.0 Å². The Hall–Kier alpha value is -2.36. The van der Waals surface area contributed by atoms with Gasteiger partial charge in [0.15, 0.2) is 0 Å². The lowest BCUT2D eigenvalue weighted by atomic mass is 10.1. The normalized spacial score (nSPS) is 11.1. The second-order valence-corrected chi connectivity index (χ2v) is 4.65. The van der Waals surface area contributed by atoms with Gasteiger partial charge in [0.25, 0.3) is 0 Å². The minimum absolute atomic E-state index is 0.180. The number of halogens is 1. The minimum atomic E-state index is -0.296. The Morgan fingerprint density at radius 3 is 2.68 bits per heavy atom. The summed E-state index contributed by atoms with van der Waals surface area (Å²) in [5.41, 5.74) is 3.03. The fourth-order valence-electron chi connectivity index (χ4n) is 2.23. The summed E-state index contributed by atoms with van der Waals surface area (Å²) in [7, 11) is 1.81. The molecule has 3 rings (SSSR count). The Bertz CT molecular complexity index is 777. The number of imidazole rings is 1. The lowest BCUT2D eigenvalue weighted by Gasteiger charge is -2.05. The molecule has 0 aliphatic rings. The first kappa shape index (κ1) is 11.7. The molecule has 0 amide bonds. The van der Waals surface area contributed by atoms with Gasteiger partial charge in [0.1, 0.15) is 17.4 Å². The lowest BCUT2D eigenvalue weighted by molar-refractivity contribution is 0.476. The zero-order chi connectivity index (χ0) is 13.6. The van der Waals surface area contributed by atoms with Crippen molar-refractivity contribution in [2.45, 2.75) is 6.92 Å². The van der Waals surface area contributed by atoms with Crippen molar-refractivity contribution in [3.63, 3.8) is 0 Å². The number of fused-ring (bicyclic) bond motifs is 1. The van der Waals surface area contributed by atoms with E-state index in [1.807, 2.05) is 26.1 Å². The van der Waals surface area contributed by atoms with Crippen molar-refractivity contribution in [3.8, 4) is 17.1 Å². The van der Waals surface area contributed by atoms with E-state index in [1.165, 1.54) is 12.1 Å². The van der Waals surface area contributed by atoms with E-state index in [4.69, 9.17) is 0 Å². The Kier molecular flexibility index (Phi) is 2.52. The van der Waals surface area contributed by atoms with Crippen LogP contribution >= 0.6 is 0 Å². The maximum absolute atomic E-state index is 13.3. The number of hydrogen-bond acceptors (Lipinski definition) is 2. The summed E-state index contributed by atoms with van der Waals surface area (Å²) in [6, 6.07) is 9.89. The number of benzene rings is 2. The summed E-state index contributed by atoms with van der Waals surface area (Å²) in [5.74, 6) is 0.507. The second kappa shape index (κ2) is 4.09. The van der Waals surface area contributed by atoms with E-state index < -0.39 is 0 Å². The van der Waals surface area contributed by atoms with Gasteiger partial charge < -0.3 is 9.67 Å². The van der Waals surface area contributed by atoms with Crippen LogP contribution in [0.15, 0.2) is 36.4 Å². The fourth-order valence-corrected chi connectivity index (χ4v) is 2.23. The molecule has 1 heterocycles. The number of aryl methyl sites for hydroxylation is 2. The van der Waals surface area contributed by atoms with Crippen molar-refractivity contribution >= 4 is 11.0 Å². The highest BCUT2D eigenvalue weighted by Gasteiger charge is 2.13. The van der Waals surface area contributed by atoms with Crippen LogP contribution in [0.3, 0.4) is 0 Å². The van der Waals surface area contributed by atoms with Crippen LogP contribution in [0.1, 0.15) is 5.56 Å². The third-order valence-corrected chi connectivity index (χ3v) is 3.24. The SMILES string of the molecule is Cc1ccc(-c2nc3ccc(F)cc3n2C)c(O)c1. The van der Waals surface area contributed by atoms with Crippen molar-refractivity contribution in [1.29, 1.82) is 0 Å². The first-order chi connectivity index (χ1) is 9.06. The summed E-state index contributed by atoms with van der Waals surface area (Å²) in [4.78, 5) is 4.45. The predicted molar refractivity (Wildman–Crippen MR) is 72.5 cm³/mol. The Morgan fingerprint density at radius 1 is 1.16 bits per heavy atom. The van der Waals surface area contributed by atoms with Crippen molar-refractivity contribution in [3.05, 3.63) is 47.8 Å². The van der Waals surface area contributed by atoms with Gasteiger partial charge in [0, 0.05) is 7.05 Å². The standard InChI is InChI=1S/C15H13FN2O/c1-9-3-5-11(14(19)7-9)15-17-12-6-4-10(16)8-13(12)18(15)2/h3-8,19H,1-2H3. The van der Waals surface area contributed by atoms with E-state index in [0.717, 1.165) is 5.56 Å². The molecule has 0 aliphatic heterocycles. The molecule has 0 spiro atoms. The van der Waals surface area contributed by atoms with Gasteiger partial charge in [-0.25, -0.2) is 9.37 Å². The van der Waals surface area contributed by atoms with Gasteiger partial charge in [-0.2, -0.15) is 0 Å². The number of aromatic nitrogens is 2. The molecular formula is C15H13FN2O. The predicted octanol–water partition coefficient (Wildman–Crippen LogP) is 3.39. The van der Waals surface area contributed by atoms with Crippen LogP contribution in [0.25, 0.3) is 22.4 Å². The van der Waals surface area contributed by atoms with Crippen LogP contribution in [0.2, 0.25) is 0 Å². The molecule has 0 saturated heterocycles. The lowest BCUT2D eigenvalue weighted by Crippen LogP contribution is -1.93. The van der Waals surface area contributed by atoms with Gasteiger partial charge >= 0.3 is 0 Å². The molecule has 0 unspecified atom stereocenters. The molecule has 0 bridgehead atoms. The fraction of sp³-hybridized carbons (Fsp3) is 0.133. The first-order valence-corrected chi connectivity index (χ1v) is 5.98. The molecule has 96 valence electrons. The van der Waals surface area contributed by atoms with Crippen LogP contribution in [-0.4, -0.2) is 14.7 Å². The van der Waals surface area contributed by atoms with Crippen LogP contribution < -0.4 is 0 Å². The van der Waals surface area contributed by atoms with Crippen molar-refractivity contribution in [2.75, 3.05) is 0 Å². The minimum Gasteiger partial charge on any atom is -0.507 e. The monoisotopic (exact) mass is 256 g/mol. The highest BCUT2D eigenvalue weighted by atomic mass is 19.1. The average Bonchev–Trinajstić information content (AvgIpc) is 2.67. The van der Waals surface area contributed by atoms with E-state index in [2.05, 4.69) is 4.98 Å². The van der Waals surface area contributed by atoms with Crippen LogP contribution in [0.5, 0.6) is 5.75 Å². The molecule has 0 atom stereocenters. The third kappa shape index (κ3) is 1.85. The van der Waals surface area contributed by atoms with Crippen LogP contribution in [-0.2, 0) is 7.05 Å². The van der Waals surface area contributed by atoms with E-state index in [-0.39, 0.29) is 11.6 Å². The summed E-state index contributed by atoms with van der Waals surface area (Å²) >= 11 is 0. The molecule has 3 aromatic rings. The van der Waals surface area contributed by atoms with Crippen LogP contribution in [0, 0.1) is 12.7 Å². The quantitative estimate of drug-likeness (QED) is 0.724. The Labute approximate surface area is 109 Å². The molecule has 0 radical (unpaired) electrons. The molecule has 3 nitrogen and oxygen atoms in total. The number of rotatable bonds is 1. The second-order valence-electron chi connectivity index (χ2n) is 4.65. The summed E-state index contributed by atoms with van der Waals surface area (Å²) in [6.45, 7) is 1.91. The Balaban J connectivity index is 2.28. The van der Waals surface area contributed by atoms with Crippen LogP contribution in [0.4, 0.5) is 4.39 Å². The molecule has 4 heteroatoms. The van der Waals surface area contributed by atoms with Gasteiger partial charge in [-0.3, -0.25) is 0 Å². The van der Waals surface area contributed by atoms with E-state index in [0.29, 0.717) is 22.4 Å². The van der Waals surface area contributed by atoms with Crippen molar-refractivity contribution in [1.82, 2.24) is 9.55 Å². The summed E-state index contributed by atoms with van der Waals surface area (Å²) in [5, 5.41) is 10.0. The van der Waals surface area contributed by atoms with Gasteiger partial charge in [0.2, 0.25) is 0 Å². The molecule has 2 aromatic carbocycles. The number of phenols is 1. The highest BCUT2D eigenvalue weighted by molar-refractivity contribution is 5.81. The molecule has 19 heavy (non-hydrogen) atoms. The van der Waals surface area contributed by atoms with E-state index >= 15 is 0 Å². The summed E-state index contributed by atoms with van der Waals surface area (Å²) in [6.07, 6.45) is 0. The van der Waals surface area contributed by atoms with Gasteiger partial charge in [-0.05, 0) is 42.8 Å². The zero-order valence-electron chi connectivity index (χ0n) is 10.7. The third-order valence-electron chi connectivity index (χ3n) is 3.24. The highest BCUT2D eigenvalue weighted by Crippen LogP contribution is 2.31. The van der Waals surface area contributed by atoms with Gasteiger partial charge in [0.05, 0.1) is 16.6 Å². The average molecular weight is 256 g/mol. The molecule has 1 N–H and O–H groups in total. The van der Waals surface area contributed by atoms with E-state index in [9.17, 15) is 9.50 Å². The molecule has 0 aliphatic carbocycles. The molecule has 0 saturated carbocycles. The van der Waals surface area contributed by atoms with E-state index in [1.54, 1.807) is 16.7 Å². The largest absolute Gasteiger partial charge is 0.507 e. The molecular weight excluding hydrogens is 243 g/mol. The number of aromatic hydroxyl groups is 1.